The molecule has 202 valence electrons. The Morgan fingerprint density at radius 1 is 0.868 bits per heavy atom. The molecule has 0 saturated carbocycles. The molecule has 2 aliphatic heterocycles. The van der Waals surface area contributed by atoms with Crippen LogP contribution in [0.25, 0.3) is 0 Å². The number of ether oxygens (including phenoxy) is 2. The average molecular weight is 539 g/mol. The molecule has 5 rings (SSSR count). The number of nitrogens with two attached hydrogens (primary N) is 1. The third-order valence-electron chi connectivity index (χ3n) is 7.01. The molecular formula is C28H34N4O5S. The molecule has 3 aromatic carbocycles. The van der Waals surface area contributed by atoms with E-state index in [9.17, 15) is 13.5 Å². The van der Waals surface area contributed by atoms with Crippen LogP contribution in [-0.4, -0.2) is 75.0 Å². The van der Waals surface area contributed by atoms with Crippen molar-refractivity contribution in [3.63, 3.8) is 0 Å². The summed E-state index contributed by atoms with van der Waals surface area (Å²) in [7, 11) is -3.84. The summed E-state index contributed by atoms with van der Waals surface area (Å²) in [5.41, 5.74) is 8.33. The van der Waals surface area contributed by atoms with Crippen LogP contribution in [0.5, 0.6) is 11.5 Å². The largest absolute Gasteiger partial charge is 0.454 e. The van der Waals surface area contributed by atoms with Gasteiger partial charge in [0.1, 0.15) is 0 Å². The van der Waals surface area contributed by atoms with Crippen LogP contribution in [-0.2, 0) is 23.0 Å². The first-order chi connectivity index (χ1) is 18.4. The second-order valence-electron chi connectivity index (χ2n) is 9.82. The predicted octanol–water partition coefficient (Wildman–Crippen LogP) is 2.07. The molecule has 0 aliphatic carbocycles. The number of aliphatic hydroxyl groups excluding tert-OH is 1. The van der Waals surface area contributed by atoms with Crippen molar-refractivity contribution in [2.45, 2.75) is 30.0 Å². The number of anilines is 1. The molecule has 0 amide bonds. The Morgan fingerprint density at radius 3 is 2.29 bits per heavy atom. The minimum atomic E-state index is -3.84. The zero-order valence-electron chi connectivity index (χ0n) is 21.2. The first-order valence-corrected chi connectivity index (χ1v) is 14.3. The highest BCUT2D eigenvalue weighted by atomic mass is 32.2. The van der Waals surface area contributed by atoms with E-state index in [2.05, 4.69) is 20.6 Å². The van der Waals surface area contributed by atoms with Gasteiger partial charge >= 0.3 is 0 Å². The smallest absolute Gasteiger partial charge is 0.240 e. The van der Waals surface area contributed by atoms with Gasteiger partial charge in [-0.25, -0.2) is 13.1 Å². The van der Waals surface area contributed by atoms with E-state index in [-0.39, 0.29) is 11.7 Å². The van der Waals surface area contributed by atoms with Crippen LogP contribution in [0.4, 0.5) is 5.69 Å². The molecule has 1 saturated heterocycles. The van der Waals surface area contributed by atoms with Crippen LogP contribution < -0.4 is 19.9 Å². The number of aliphatic hydroxyl groups is 1. The SMILES string of the molecule is Nc1ccc(S(=O)(=O)N[C@@H](Cc2ccccc2)[C@H](O)CN2CCN(Cc3ccc4c(c3)OCO4)CC2)cc1. The number of fused-ring (bicyclic) bond motifs is 1. The van der Waals surface area contributed by atoms with Gasteiger partial charge in [-0.2, -0.15) is 0 Å². The summed E-state index contributed by atoms with van der Waals surface area (Å²) in [6.45, 7) is 4.71. The monoisotopic (exact) mass is 538 g/mol. The highest BCUT2D eigenvalue weighted by molar-refractivity contribution is 7.89. The molecule has 2 atom stereocenters. The van der Waals surface area contributed by atoms with E-state index in [0.29, 0.717) is 18.7 Å². The summed E-state index contributed by atoms with van der Waals surface area (Å²) in [6.07, 6.45) is -0.514. The number of benzene rings is 3. The van der Waals surface area contributed by atoms with Crippen molar-refractivity contribution in [1.29, 1.82) is 0 Å². The predicted molar refractivity (Wildman–Crippen MR) is 145 cm³/mol. The third-order valence-corrected chi connectivity index (χ3v) is 8.52. The van der Waals surface area contributed by atoms with Gasteiger partial charge in [0.25, 0.3) is 0 Å². The molecule has 0 unspecified atom stereocenters. The Labute approximate surface area is 223 Å². The number of nitrogens with zero attached hydrogens (tertiary/aromatic N) is 2. The Morgan fingerprint density at radius 2 is 1.55 bits per heavy atom. The maximum atomic E-state index is 13.1. The first-order valence-electron chi connectivity index (χ1n) is 12.8. The van der Waals surface area contributed by atoms with Crippen LogP contribution in [0, 0.1) is 0 Å². The standard InChI is InChI=1S/C28H34N4O5S/c29-23-7-9-24(10-8-23)38(34,35)30-25(16-21-4-2-1-3-5-21)26(33)19-32-14-12-31(13-15-32)18-22-6-11-27-28(17-22)37-20-36-27/h1-11,17,25-26,30,33H,12-16,18-20,29H2/t25-,26+/m0/s1. The second-order valence-corrected chi connectivity index (χ2v) is 11.5. The van der Waals surface area contributed by atoms with Crippen molar-refractivity contribution in [2.24, 2.45) is 0 Å². The molecule has 0 aromatic heterocycles. The highest BCUT2D eigenvalue weighted by Gasteiger charge is 2.29. The van der Waals surface area contributed by atoms with E-state index in [0.717, 1.165) is 49.8 Å². The molecule has 0 spiro atoms. The van der Waals surface area contributed by atoms with Crippen molar-refractivity contribution in [3.05, 3.63) is 83.9 Å². The molecule has 0 bridgehead atoms. The minimum Gasteiger partial charge on any atom is -0.454 e. The fourth-order valence-corrected chi connectivity index (χ4v) is 6.13. The van der Waals surface area contributed by atoms with Crippen LogP contribution in [0.15, 0.2) is 77.7 Å². The van der Waals surface area contributed by atoms with Gasteiger partial charge in [0.05, 0.1) is 17.0 Å². The number of sulfonamides is 1. The van der Waals surface area contributed by atoms with Gasteiger partial charge in [0.15, 0.2) is 11.5 Å². The molecule has 2 heterocycles. The molecule has 0 radical (unpaired) electrons. The van der Waals surface area contributed by atoms with Gasteiger partial charge in [-0.15, -0.1) is 0 Å². The normalized spacial score (nSPS) is 17.8. The maximum Gasteiger partial charge on any atom is 0.240 e. The molecular weight excluding hydrogens is 504 g/mol. The van der Waals surface area contributed by atoms with Crippen molar-refractivity contribution < 1.29 is 23.0 Å². The maximum absolute atomic E-state index is 13.1. The van der Waals surface area contributed by atoms with Crippen LogP contribution in [0.2, 0.25) is 0 Å². The zero-order valence-corrected chi connectivity index (χ0v) is 22.0. The highest BCUT2D eigenvalue weighted by Crippen LogP contribution is 2.32. The third kappa shape index (κ3) is 6.64. The van der Waals surface area contributed by atoms with Gasteiger partial charge in [0.2, 0.25) is 16.8 Å². The van der Waals surface area contributed by atoms with E-state index in [1.54, 1.807) is 12.1 Å². The molecule has 10 heteroatoms. The first kappa shape index (κ1) is 26.5. The average Bonchev–Trinajstić information content (AvgIpc) is 3.38. The lowest BCUT2D eigenvalue weighted by atomic mass is 10.0. The second kappa shape index (κ2) is 11.7. The van der Waals surface area contributed by atoms with Crippen molar-refractivity contribution >= 4 is 15.7 Å². The summed E-state index contributed by atoms with van der Waals surface area (Å²) in [6, 6.07) is 21.0. The number of hydrogen-bond donors (Lipinski definition) is 3. The Balaban J connectivity index is 1.20. The lowest BCUT2D eigenvalue weighted by Crippen LogP contribution is -2.53. The number of rotatable bonds is 10. The summed E-state index contributed by atoms with van der Waals surface area (Å²) < 4.78 is 39.9. The van der Waals surface area contributed by atoms with Crippen LogP contribution >= 0.6 is 0 Å². The summed E-state index contributed by atoms with van der Waals surface area (Å²) in [5.74, 6) is 1.57. The van der Waals surface area contributed by atoms with Crippen molar-refractivity contribution in [2.75, 3.05) is 45.3 Å². The Hall–Kier alpha value is -3.15. The topological polar surface area (TPSA) is 117 Å². The molecule has 2 aliphatic rings. The Bertz CT molecular complexity index is 1310. The molecule has 3 aromatic rings. The fourth-order valence-electron chi connectivity index (χ4n) is 4.86. The molecule has 9 nitrogen and oxygen atoms in total. The lowest BCUT2D eigenvalue weighted by molar-refractivity contribution is 0.0549. The molecule has 4 N–H and O–H groups in total. The van der Waals surface area contributed by atoms with Gasteiger partial charge < -0.3 is 20.3 Å². The van der Waals surface area contributed by atoms with Gasteiger partial charge in [-0.1, -0.05) is 36.4 Å². The Kier molecular flexibility index (Phi) is 8.15. The van der Waals surface area contributed by atoms with Crippen LogP contribution in [0.3, 0.4) is 0 Å². The number of nitrogen functional groups attached to an aromatic ring is 1. The van der Waals surface area contributed by atoms with E-state index in [4.69, 9.17) is 15.2 Å². The number of hydrogen-bond acceptors (Lipinski definition) is 8. The van der Waals surface area contributed by atoms with Gasteiger partial charge in [0, 0.05) is 45.0 Å². The number of piperazine rings is 1. The zero-order chi connectivity index (χ0) is 26.5. The lowest BCUT2D eigenvalue weighted by Gasteiger charge is -2.37. The van der Waals surface area contributed by atoms with E-state index >= 15 is 0 Å². The van der Waals surface area contributed by atoms with E-state index in [1.165, 1.54) is 17.7 Å². The molecule has 38 heavy (non-hydrogen) atoms. The van der Waals surface area contributed by atoms with E-state index in [1.807, 2.05) is 42.5 Å². The minimum absolute atomic E-state index is 0.120. The fraction of sp³-hybridized carbons (Fsp3) is 0.357. The van der Waals surface area contributed by atoms with Gasteiger partial charge in [-0.05, 0) is 53.9 Å². The van der Waals surface area contributed by atoms with Crippen molar-refractivity contribution in [3.8, 4) is 11.5 Å². The number of β-amino-alcohol motifs (C(OH)–C–C–N with tert-alkyl or cyclic N) is 1. The molecule has 1 fully saturated rings. The number of nitrogens with one attached hydrogen (secondary N) is 1. The summed E-state index contributed by atoms with van der Waals surface area (Å²) >= 11 is 0. The quantitative estimate of drug-likeness (QED) is 0.336. The van der Waals surface area contributed by atoms with Gasteiger partial charge in [-0.3, -0.25) is 9.80 Å². The summed E-state index contributed by atoms with van der Waals surface area (Å²) in [4.78, 5) is 4.68. The van der Waals surface area contributed by atoms with Crippen LogP contribution in [0.1, 0.15) is 11.1 Å². The van der Waals surface area contributed by atoms with Crippen molar-refractivity contribution in [1.82, 2.24) is 14.5 Å². The van der Waals surface area contributed by atoms with E-state index < -0.39 is 22.2 Å². The summed E-state index contributed by atoms with van der Waals surface area (Å²) in [5, 5.41) is 11.2.